The number of nitrogens with one attached hydrogen (secondary N) is 4. The van der Waals surface area contributed by atoms with Gasteiger partial charge in [-0.05, 0) is 36.3 Å². The molecule has 2 aromatic carbocycles. The number of carbonyl (C=O) groups is 5. The van der Waals surface area contributed by atoms with E-state index in [0.717, 1.165) is 22.5 Å². The first-order chi connectivity index (χ1) is 21.7. The summed E-state index contributed by atoms with van der Waals surface area (Å²) in [5, 5.41) is 12.9. The largest absolute Gasteiger partial charge is 0.445 e. The van der Waals surface area contributed by atoms with Crippen molar-refractivity contribution in [1.82, 2.24) is 26.3 Å². The highest BCUT2D eigenvalue weighted by Gasteiger charge is 2.35. The molecule has 11 nitrogen and oxygen atoms in total. The Morgan fingerprint density at radius 1 is 0.911 bits per heavy atom. The zero-order valence-corrected chi connectivity index (χ0v) is 26.2. The third kappa shape index (κ3) is 10.2. The molecule has 4 amide bonds. The molecular weight excluding hydrogens is 594 g/mol. The van der Waals surface area contributed by atoms with Crippen LogP contribution in [0.15, 0.2) is 72.2 Å². The van der Waals surface area contributed by atoms with Gasteiger partial charge in [0.2, 0.25) is 23.5 Å². The van der Waals surface area contributed by atoms with Gasteiger partial charge in [0.25, 0.3) is 0 Å². The van der Waals surface area contributed by atoms with Gasteiger partial charge in [-0.2, -0.15) is 0 Å². The fourth-order valence-corrected chi connectivity index (χ4v) is 5.72. The third-order valence-electron chi connectivity index (χ3n) is 7.40. The summed E-state index contributed by atoms with van der Waals surface area (Å²) in [4.78, 5) is 70.0. The Bertz CT molecular complexity index is 1430. The lowest BCUT2D eigenvalue weighted by molar-refractivity contribution is -0.130. The lowest BCUT2D eigenvalue weighted by Gasteiger charge is -2.26. The Labute approximate surface area is 266 Å². The van der Waals surface area contributed by atoms with E-state index in [4.69, 9.17) is 4.74 Å². The number of alkyl carbamates (subject to hydrolysis) is 1. The van der Waals surface area contributed by atoms with Crippen molar-refractivity contribution in [2.45, 2.75) is 64.3 Å². The summed E-state index contributed by atoms with van der Waals surface area (Å²) in [6, 6.07) is 15.2. The van der Waals surface area contributed by atoms with Gasteiger partial charge in [-0.15, -0.1) is 11.3 Å². The topological polar surface area (TPSA) is 156 Å². The van der Waals surface area contributed by atoms with E-state index in [1.807, 2.05) is 74.5 Å². The van der Waals surface area contributed by atoms with E-state index in [-0.39, 0.29) is 36.3 Å². The number of hydrogen-bond acceptors (Lipinski definition) is 8. The molecule has 0 saturated carbocycles. The minimum absolute atomic E-state index is 0.0365. The van der Waals surface area contributed by atoms with E-state index in [9.17, 15) is 24.0 Å². The van der Waals surface area contributed by atoms with Crippen molar-refractivity contribution in [2.75, 3.05) is 6.54 Å². The molecule has 2 heterocycles. The van der Waals surface area contributed by atoms with Crippen molar-refractivity contribution in [3.8, 4) is 0 Å². The molecule has 45 heavy (non-hydrogen) atoms. The van der Waals surface area contributed by atoms with Crippen LogP contribution in [0.25, 0.3) is 0 Å². The molecule has 4 N–H and O–H groups in total. The van der Waals surface area contributed by atoms with Crippen molar-refractivity contribution in [1.29, 1.82) is 0 Å². The summed E-state index contributed by atoms with van der Waals surface area (Å²) in [6.45, 7) is 4.37. The Morgan fingerprint density at radius 3 is 2.16 bits per heavy atom. The van der Waals surface area contributed by atoms with Gasteiger partial charge < -0.3 is 26.0 Å². The average molecular weight is 634 g/mol. The van der Waals surface area contributed by atoms with Crippen LogP contribution in [0.5, 0.6) is 0 Å². The van der Waals surface area contributed by atoms with E-state index in [0.29, 0.717) is 19.4 Å². The number of nitrogens with zero attached hydrogens (tertiary/aromatic N) is 1. The molecule has 0 unspecified atom stereocenters. The number of carbonyl (C=O) groups excluding carboxylic acids is 5. The van der Waals surface area contributed by atoms with Gasteiger partial charge in [0.05, 0.1) is 6.04 Å². The lowest BCUT2D eigenvalue weighted by Crippen LogP contribution is -2.57. The number of aromatic nitrogens is 1. The first-order valence-electron chi connectivity index (χ1n) is 15.0. The lowest BCUT2D eigenvalue weighted by atomic mass is 9.95. The van der Waals surface area contributed by atoms with Crippen LogP contribution in [-0.2, 0) is 32.1 Å². The highest BCUT2D eigenvalue weighted by Crippen LogP contribution is 2.20. The quantitative estimate of drug-likeness (QED) is 0.187. The maximum absolute atomic E-state index is 13.8. The molecule has 1 aliphatic heterocycles. The summed E-state index contributed by atoms with van der Waals surface area (Å²) in [5.74, 6) is -2.12. The highest BCUT2D eigenvalue weighted by molar-refractivity contribution is 7.11. The molecule has 1 aromatic heterocycles. The highest BCUT2D eigenvalue weighted by atomic mass is 32.1. The summed E-state index contributed by atoms with van der Waals surface area (Å²) < 4.78 is 5.34. The van der Waals surface area contributed by atoms with Gasteiger partial charge in [-0.25, -0.2) is 9.78 Å². The zero-order chi connectivity index (χ0) is 32.2. The van der Waals surface area contributed by atoms with Crippen molar-refractivity contribution >= 4 is 40.9 Å². The van der Waals surface area contributed by atoms with E-state index < -0.39 is 47.7 Å². The molecule has 238 valence electrons. The number of ether oxygens (including phenoxy) is 1. The van der Waals surface area contributed by atoms with E-state index in [2.05, 4.69) is 26.3 Å². The molecule has 4 atom stereocenters. The summed E-state index contributed by atoms with van der Waals surface area (Å²) in [7, 11) is 0. The molecule has 0 aliphatic carbocycles. The van der Waals surface area contributed by atoms with Crippen LogP contribution >= 0.6 is 11.3 Å². The summed E-state index contributed by atoms with van der Waals surface area (Å²) in [6.07, 6.45) is 1.83. The normalized spacial score (nSPS) is 16.2. The van der Waals surface area contributed by atoms with Crippen LogP contribution in [0.1, 0.15) is 54.0 Å². The maximum atomic E-state index is 13.8. The predicted molar refractivity (Wildman–Crippen MR) is 169 cm³/mol. The molecule has 3 aromatic rings. The molecule has 0 radical (unpaired) electrons. The molecule has 4 rings (SSSR count). The standard InChI is InChI=1S/C33H39N5O6S/c1-21(2)17-26(38-33(43)44-20-23-11-7-4-8-12-23)30(41)37-27(18-22-9-5-3-6-10-22)31(42)36-25(19-24-13-14-34-29(24)40)28(39)32-35-15-16-45-32/h3-12,15-16,21,24-27H,13-14,17-20H2,1-2H3,(H,34,40)(H,36,42)(H,37,41)(H,38,43)/t24-,25+,26+,27+/m1/s1. The Morgan fingerprint density at radius 2 is 1.56 bits per heavy atom. The van der Waals surface area contributed by atoms with Crippen LogP contribution in [-0.4, -0.2) is 59.3 Å². The summed E-state index contributed by atoms with van der Waals surface area (Å²) in [5.41, 5.74) is 1.58. The number of hydrogen-bond donors (Lipinski definition) is 4. The van der Waals surface area contributed by atoms with E-state index >= 15 is 0 Å². The van der Waals surface area contributed by atoms with Crippen molar-refractivity contribution in [3.63, 3.8) is 0 Å². The second-order valence-corrected chi connectivity index (χ2v) is 12.3. The van der Waals surface area contributed by atoms with E-state index in [1.54, 1.807) is 5.38 Å². The smallest absolute Gasteiger partial charge is 0.408 e. The molecule has 12 heteroatoms. The minimum atomic E-state index is -1.08. The predicted octanol–water partition coefficient (Wildman–Crippen LogP) is 3.41. The Kier molecular flexibility index (Phi) is 12.2. The monoisotopic (exact) mass is 633 g/mol. The number of rotatable bonds is 15. The first kappa shape index (κ1) is 33.3. The van der Waals surface area contributed by atoms with Gasteiger partial charge in [0, 0.05) is 30.5 Å². The minimum Gasteiger partial charge on any atom is -0.445 e. The second-order valence-electron chi connectivity index (χ2n) is 11.4. The van der Waals surface area contributed by atoms with Crippen molar-refractivity contribution < 1.29 is 28.7 Å². The Hall–Kier alpha value is -4.58. The van der Waals surface area contributed by atoms with Crippen LogP contribution < -0.4 is 21.3 Å². The maximum Gasteiger partial charge on any atom is 0.408 e. The second kappa shape index (κ2) is 16.5. The van der Waals surface area contributed by atoms with Crippen LogP contribution in [0.4, 0.5) is 4.79 Å². The first-order valence-corrected chi connectivity index (χ1v) is 15.9. The van der Waals surface area contributed by atoms with Crippen molar-refractivity contribution in [2.24, 2.45) is 11.8 Å². The SMILES string of the molecule is CC(C)C[C@H](NC(=O)OCc1ccccc1)C(=O)N[C@@H](Cc1ccccc1)C(=O)N[C@@H](C[C@H]1CCNC1=O)C(=O)c1nccs1. The number of thiazole rings is 1. The van der Waals surface area contributed by atoms with E-state index in [1.165, 1.54) is 6.20 Å². The molecule has 1 aliphatic rings. The van der Waals surface area contributed by atoms with Crippen LogP contribution in [0, 0.1) is 11.8 Å². The third-order valence-corrected chi connectivity index (χ3v) is 8.19. The van der Waals surface area contributed by atoms with Crippen LogP contribution in [0.3, 0.4) is 0 Å². The van der Waals surface area contributed by atoms with Crippen LogP contribution in [0.2, 0.25) is 0 Å². The molecule has 0 bridgehead atoms. The fraction of sp³-hybridized carbons (Fsp3) is 0.394. The van der Waals surface area contributed by atoms with Gasteiger partial charge in [0.1, 0.15) is 18.7 Å². The Balaban J connectivity index is 1.50. The number of amides is 4. The zero-order valence-electron chi connectivity index (χ0n) is 25.4. The van der Waals surface area contributed by atoms with Gasteiger partial charge in [0.15, 0.2) is 5.01 Å². The van der Waals surface area contributed by atoms with Gasteiger partial charge >= 0.3 is 6.09 Å². The van der Waals surface area contributed by atoms with Gasteiger partial charge in [-0.3, -0.25) is 19.2 Å². The molecule has 1 saturated heterocycles. The molecular formula is C33H39N5O6S. The summed E-state index contributed by atoms with van der Waals surface area (Å²) >= 11 is 1.15. The molecule has 1 fully saturated rings. The average Bonchev–Trinajstić information content (AvgIpc) is 3.72. The molecule has 0 spiro atoms. The number of benzene rings is 2. The number of ketones is 1. The van der Waals surface area contributed by atoms with Crippen molar-refractivity contribution in [3.05, 3.63) is 88.4 Å². The van der Waals surface area contributed by atoms with Gasteiger partial charge in [-0.1, -0.05) is 74.5 Å². The fourth-order valence-electron chi connectivity index (χ4n) is 5.09. The number of Topliss-reactive ketones (excluding diaryl/α,β-unsaturated/α-hetero) is 1.